The van der Waals surface area contributed by atoms with Gasteiger partial charge < -0.3 is 5.11 Å². The molecule has 72 valence electrons. The molecule has 0 unspecified atom stereocenters. The summed E-state index contributed by atoms with van der Waals surface area (Å²) in [5.41, 5.74) is 0.240. The third-order valence-corrected chi connectivity index (χ3v) is 2.07. The SMILES string of the molecule is Cc1c(C(F)F)cc(CO)nc1Cl. The van der Waals surface area contributed by atoms with Crippen LogP contribution in [-0.4, -0.2) is 10.1 Å². The third kappa shape index (κ3) is 2.14. The van der Waals surface area contributed by atoms with Crippen LogP contribution in [0.5, 0.6) is 0 Å². The van der Waals surface area contributed by atoms with E-state index in [1.165, 1.54) is 6.92 Å². The van der Waals surface area contributed by atoms with Gasteiger partial charge in [0.25, 0.3) is 6.43 Å². The molecular weight excluding hydrogens is 200 g/mol. The first-order chi connectivity index (χ1) is 6.06. The first-order valence-corrected chi connectivity index (χ1v) is 3.99. The van der Waals surface area contributed by atoms with Crippen LogP contribution in [0, 0.1) is 6.92 Å². The Morgan fingerprint density at radius 3 is 2.69 bits per heavy atom. The van der Waals surface area contributed by atoms with Gasteiger partial charge in [-0.25, -0.2) is 13.8 Å². The van der Waals surface area contributed by atoms with Gasteiger partial charge in [0.1, 0.15) is 5.15 Å². The van der Waals surface area contributed by atoms with E-state index in [-0.39, 0.29) is 28.6 Å². The second kappa shape index (κ2) is 3.98. The van der Waals surface area contributed by atoms with Crippen LogP contribution in [0.4, 0.5) is 8.78 Å². The van der Waals surface area contributed by atoms with Gasteiger partial charge in [-0.2, -0.15) is 0 Å². The lowest BCUT2D eigenvalue weighted by atomic mass is 10.1. The van der Waals surface area contributed by atoms with Gasteiger partial charge >= 0.3 is 0 Å². The fourth-order valence-corrected chi connectivity index (χ4v) is 1.17. The highest BCUT2D eigenvalue weighted by molar-refractivity contribution is 6.30. The maximum absolute atomic E-state index is 12.4. The fraction of sp³-hybridized carbons (Fsp3) is 0.375. The number of aromatic nitrogens is 1. The molecule has 1 heterocycles. The van der Waals surface area contributed by atoms with Crippen molar-refractivity contribution in [2.45, 2.75) is 20.0 Å². The molecule has 0 aliphatic rings. The first kappa shape index (κ1) is 10.3. The predicted octanol–water partition coefficient (Wildman–Crippen LogP) is 2.47. The average molecular weight is 208 g/mol. The van der Waals surface area contributed by atoms with E-state index in [0.29, 0.717) is 0 Å². The van der Waals surface area contributed by atoms with Crippen LogP contribution in [0.3, 0.4) is 0 Å². The molecule has 0 saturated carbocycles. The molecule has 1 aromatic heterocycles. The normalized spacial score (nSPS) is 10.9. The van der Waals surface area contributed by atoms with Crippen LogP contribution in [0.15, 0.2) is 6.07 Å². The van der Waals surface area contributed by atoms with Crippen LogP contribution in [0.2, 0.25) is 5.15 Å². The number of hydrogen-bond donors (Lipinski definition) is 1. The molecule has 0 amide bonds. The number of pyridine rings is 1. The number of aliphatic hydroxyl groups is 1. The highest BCUT2D eigenvalue weighted by Crippen LogP contribution is 2.27. The molecule has 0 atom stereocenters. The van der Waals surface area contributed by atoms with Gasteiger partial charge in [-0.15, -0.1) is 0 Å². The summed E-state index contributed by atoms with van der Waals surface area (Å²) >= 11 is 5.59. The second-order valence-corrected chi connectivity index (χ2v) is 2.94. The van der Waals surface area contributed by atoms with Gasteiger partial charge in [-0.1, -0.05) is 11.6 Å². The van der Waals surface area contributed by atoms with Crippen molar-refractivity contribution in [3.63, 3.8) is 0 Å². The van der Waals surface area contributed by atoms with Crippen LogP contribution in [0.1, 0.15) is 23.2 Å². The minimum absolute atomic E-state index is 0.0156. The van der Waals surface area contributed by atoms with Gasteiger partial charge in [-0.3, -0.25) is 0 Å². The van der Waals surface area contributed by atoms with Crippen molar-refractivity contribution in [2.75, 3.05) is 0 Å². The molecule has 0 spiro atoms. The third-order valence-electron chi connectivity index (χ3n) is 1.70. The summed E-state index contributed by atoms with van der Waals surface area (Å²) < 4.78 is 24.7. The molecule has 0 aliphatic heterocycles. The number of rotatable bonds is 2. The van der Waals surface area contributed by atoms with Crippen LogP contribution < -0.4 is 0 Å². The average Bonchev–Trinajstić information content (AvgIpc) is 2.09. The molecule has 2 nitrogen and oxygen atoms in total. The Morgan fingerprint density at radius 2 is 2.23 bits per heavy atom. The Morgan fingerprint density at radius 1 is 1.62 bits per heavy atom. The van der Waals surface area contributed by atoms with Gasteiger partial charge in [0.2, 0.25) is 0 Å². The van der Waals surface area contributed by atoms with Gasteiger partial charge in [-0.05, 0) is 18.6 Å². The lowest BCUT2D eigenvalue weighted by Gasteiger charge is -2.07. The zero-order chi connectivity index (χ0) is 10.0. The molecule has 0 saturated heterocycles. The number of hydrogen-bond acceptors (Lipinski definition) is 2. The van der Waals surface area contributed by atoms with E-state index in [2.05, 4.69) is 4.98 Å². The Kier molecular flexibility index (Phi) is 3.17. The summed E-state index contributed by atoms with van der Waals surface area (Å²) in [6.45, 7) is 1.08. The molecule has 0 fully saturated rings. The number of alkyl halides is 2. The molecule has 0 bridgehead atoms. The fourth-order valence-electron chi connectivity index (χ4n) is 0.957. The number of nitrogens with zero attached hydrogens (tertiary/aromatic N) is 1. The van der Waals surface area contributed by atoms with Crippen molar-refractivity contribution in [1.82, 2.24) is 4.98 Å². The summed E-state index contributed by atoms with van der Waals surface area (Å²) in [7, 11) is 0. The minimum Gasteiger partial charge on any atom is -0.390 e. The first-order valence-electron chi connectivity index (χ1n) is 3.61. The lowest BCUT2D eigenvalue weighted by Crippen LogP contribution is -1.98. The zero-order valence-corrected chi connectivity index (χ0v) is 7.65. The molecule has 0 aromatic carbocycles. The highest BCUT2D eigenvalue weighted by Gasteiger charge is 2.14. The predicted molar refractivity (Wildman–Crippen MR) is 44.9 cm³/mol. The van der Waals surface area contributed by atoms with E-state index in [0.717, 1.165) is 6.07 Å². The van der Waals surface area contributed by atoms with Crippen molar-refractivity contribution in [3.8, 4) is 0 Å². The largest absolute Gasteiger partial charge is 0.390 e. The van der Waals surface area contributed by atoms with E-state index in [4.69, 9.17) is 16.7 Å². The summed E-state index contributed by atoms with van der Waals surface area (Å²) in [6, 6.07) is 1.16. The second-order valence-electron chi connectivity index (χ2n) is 2.58. The molecule has 0 radical (unpaired) electrons. The van der Waals surface area contributed by atoms with Gasteiger partial charge in [0.05, 0.1) is 12.3 Å². The van der Waals surface area contributed by atoms with Crippen molar-refractivity contribution < 1.29 is 13.9 Å². The lowest BCUT2D eigenvalue weighted by molar-refractivity contribution is 0.150. The van der Waals surface area contributed by atoms with Crippen molar-refractivity contribution >= 4 is 11.6 Å². The minimum atomic E-state index is -2.59. The molecular formula is C8H8ClF2NO. The maximum atomic E-state index is 12.4. The smallest absolute Gasteiger partial charge is 0.264 e. The molecule has 1 N–H and O–H groups in total. The van der Waals surface area contributed by atoms with Crippen LogP contribution >= 0.6 is 11.6 Å². The Bertz CT molecular complexity index is 317. The van der Waals surface area contributed by atoms with Crippen LogP contribution in [0.25, 0.3) is 0 Å². The monoisotopic (exact) mass is 207 g/mol. The van der Waals surface area contributed by atoms with Gasteiger partial charge in [0, 0.05) is 5.56 Å². The van der Waals surface area contributed by atoms with E-state index in [1.807, 2.05) is 0 Å². The maximum Gasteiger partial charge on any atom is 0.264 e. The number of halogens is 3. The highest BCUT2D eigenvalue weighted by atomic mass is 35.5. The van der Waals surface area contributed by atoms with Crippen molar-refractivity contribution in [1.29, 1.82) is 0 Å². The quantitative estimate of drug-likeness (QED) is 0.756. The van der Waals surface area contributed by atoms with Crippen LogP contribution in [-0.2, 0) is 6.61 Å². The van der Waals surface area contributed by atoms with Crippen molar-refractivity contribution in [3.05, 3.63) is 28.0 Å². The molecule has 13 heavy (non-hydrogen) atoms. The Balaban J connectivity index is 3.25. The Labute approximate surface area is 79.2 Å². The topological polar surface area (TPSA) is 33.1 Å². The zero-order valence-electron chi connectivity index (χ0n) is 6.89. The molecule has 1 rings (SSSR count). The van der Waals surface area contributed by atoms with E-state index in [1.54, 1.807) is 0 Å². The summed E-state index contributed by atoms with van der Waals surface area (Å²) in [4.78, 5) is 3.72. The van der Waals surface area contributed by atoms with Crippen molar-refractivity contribution in [2.24, 2.45) is 0 Å². The summed E-state index contributed by atoms with van der Waals surface area (Å²) in [6.07, 6.45) is -2.59. The molecule has 5 heteroatoms. The summed E-state index contributed by atoms with van der Waals surface area (Å²) in [5.74, 6) is 0. The van der Waals surface area contributed by atoms with E-state index in [9.17, 15) is 8.78 Å². The number of aliphatic hydroxyl groups excluding tert-OH is 1. The van der Waals surface area contributed by atoms with E-state index >= 15 is 0 Å². The van der Waals surface area contributed by atoms with E-state index < -0.39 is 6.43 Å². The summed E-state index contributed by atoms with van der Waals surface area (Å²) in [5, 5.41) is 8.71. The van der Waals surface area contributed by atoms with Gasteiger partial charge in [0.15, 0.2) is 0 Å². The molecule has 0 aliphatic carbocycles. The molecule has 1 aromatic rings. The Hall–Kier alpha value is -0.740. The standard InChI is InChI=1S/C8H8ClF2NO/c1-4-6(8(10)11)2-5(3-13)12-7(4)9/h2,8,13H,3H2,1H3.